The highest BCUT2D eigenvalue weighted by Crippen LogP contribution is 2.21. The van der Waals surface area contributed by atoms with Crippen molar-refractivity contribution < 1.29 is 13.2 Å². The summed E-state index contributed by atoms with van der Waals surface area (Å²) in [4.78, 5) is 2.03. The Kier molecular flexibility index (Phi) is 6.10. The molecular formula is C11H16BrF3N2S. The first-order chi connectivity index (χ1) is 8.28. The van der Waals surface area contributed by atoms with Gasteiger partial charge in [0.05, 0.1) is 10.3 Å². The van der Waals surface area contributed by atoms with Gasteiger partial charge in [0, 0.05) is 19.1 Å². The number of rotatable bonds is 6. The molecule has 1 aromatic rings. The summed E-state index contributed by atoms with van der Waals surface area (Å²) in [5, 5.41) is 4.46. The van der Waals surface area contributed by atoms with Gasteiger partial charge in [-0.3, -0.25) is 4.90 Å². The molecule has 0 saturated heterocycles. The zero-order valence-corrected chi connectivity index (χ0v) is 12.6. The summed E-state index contributed by atoms with van der Waals surface area (Å²) >= 11 is 4.99. The van der Waals surface area contributed by atoms with E-state index in [-0.39, 0.29) is 6.04 Å². The largest absolute Gasteiger partial charge is 0.401 e. The van der Waals surface area contributed by atoms with E-state index in [9.17, 15) is 13.2 Å². The summed E-state index contributed by atoms with van der Waals surface area (Å²) in [6, 6.07) is 2.07. The van der Waals surface area contributed by atoms with Crippen LogP contribution >= 0.6 is 27.3 Å². The monoisotopic (exact) mass is 344 g/mol. The molecule has 1 heterocycles. The lowest BCUT2D eigenvalue weighted by molar-refractivity contribution is -0.125. The highest BCUT2D eigenvalue weighted by Gasteiger charge is 2.26. The molecule has 2 nitrogen and oxygen atoms in total. The van der Waals surface area contributed by atoms with Gasteiger partial charge >= 0.3 is 6.18 Å². The van der Waals surface area contributed by atoms with Gasteiger partial charge in [0.1, 0.15) is 0 Å². The minimum Gasteiger partial charge on any atom is -0.307 e. The summed E-state index contributed by atoms with van der Waals surface area (Å²) in [6.07, 6.45) is -4.14. The van der Waals surface area contributed by atoms with Crippen molar-refractivity contribution in [3.05, 3.63) is 20.8 Å². The van der Waals surface area contributed by atoms with E-state index < -0.39 is 12.7 Å². The molecule has 1 atom stereocenters. The molecule has 0 aromatic carbocycles. The van der Waals surface area contributed by atoms with Crippen LogP contribution in [-0.4, -0.2) is 37.3 Å². The average molecular weight is 345 g/mol. The fraction of sp³-hybridized carbons (Fsp3) is 0.636. The number of hydrogen-bond acceptors (Lipinski definition) is 3. The molecule has 1 rings (SSSR count). The highest BCUT2D eigenvalue weighted by molar-refractivity contribution is 9.11. The third-order valence-electron chi connectivity index (χ3n) is 2.57. The lowest BCUT2D eigenvalue weighted by atomic mass is 10.2. The molecule has 104 valence electrons. The molecule has 0 aliphatic rings. The van der Waals surface area contributed by atoms with Crippen molar-refractivity contribution in [3.63, 3.8) is 0 Å². The summed E-state index contributed by atoms with van der Waals surface area (Å²) in [5.74, 6) is 0. The van der Waals surface area contributed by atoms with Crippen molar-refractivity contribution in [1.29, 1.82) is 0 Å². The topological polar surface area (TPSA) is 15.3 Å². The molecular weight excluding hydrogens is 329 g/mol. The molecule has 1 aromatic heterocycles. The van der Waals surface area contributed by atoms with Gasteiger partial charge in [0.15, 0.2) is 0 Å². The second-order valence-corrected chi connectivity index (χ2v) is 6.56. The van der Waals surface area contributed by atoms with Crippen LogP contribution in [0.3, 0.4) is 0 Å². The van der Waals surface area contributed by atoms with Crippen LogP contribution in [0.1, 0.15) is 12.5 Å². The zero-order chi connectivity index (χ0) is 13.8. The molecule has 1 N–H and O–H groups in total. The maximum absolute atomic E-state index is 12.0. The maximum atomic E-state index is 12.0. The van der Waals surface area contributed by atoms with Gasteiger partial charge in [-0.25, -0.2) is 0 Å². The van der Waals surface area contributed by atoms with Crippen LogP contribution in [0.25, 0.3) is 0 Å². The summed E-state index contributed by atoms with van der Waals surface area (Å²) < 4.78 is 37.0. The van der Waals surface area contributed by atoms with Crippen LogP contribution in [-0.2, 0) is 6.54 Å². The molecule has 0 aliphatic carbocycles. The van der Waals surface area contributed by atoms with E-state index in [0.717, 1.165) is 15.9 Å². The van der Waals surface area contributed by atoms with Crippen molar-refractivity contribution in [3.8, 4) is 0 Å². The van der Waals surface area contributed by atoms with E-state index in [0.29, 0.717) is 6.54 Å². The number of likely N-dealkylation sites (N-methyl/N-ethyl adjacent to an activating group) is 1. The number of thiophene rings is 1. The smallest absolute Gasteiger partial charge is 0.307 e. The van der Waals surface area contributed by atoms with Gasteiger partial charge < -0.3 is 5.32 Å². The molecule has 7 heteroatoms. The van der Waals surface area contributed by atoms with Gasteiger partial charge in [-0.2, -0.15) is 13.2 Å². The molecule has 1 unspecified atom stereocenters. The Morgan fingerprint density at radius 1 is 1.50 bits per heavy atom. The SMILES string of the molecule is CC(CNCC(F)(F)F)N(C)Cc1csc(Br)c1. The molecule has 0 aliphatic heterocycles. The first-order valence-electron chi connectivity index (χ1n) is 5.48. The second kappa shape index (κ2) is 6.88. The van der Waals surface area contributed by atoms with E-state index in [1.807, 2.05) is 30.3 Å². The molecule has 0 amide bonds. The summed E-state index contributed by atoms with van der Waals surface area (Å²) in [6.45, 7) is 2.03. The lowest BCUT2D eigenvalue weighted by Crippen LogP contribution is -2.40. The Morgan fingerprint density at radius 2 is 2.17 bits per heavy atom. The number of alkyl halides is 3. The predicted octanol–water partition coefficient (Wildman–Crippen LogP) is 3.48. The normalized spacial score (nSPS) is 14.2. The molecule has 0 spiro atoms. The average Bonchev–Trinajstić information content (AvgIpc) is 2.61. The summed E-state index contributed by atoms with van der Waals surface area (Å²) in [5.41, 5.74) is 1.16. The molecule has 0 fully saturated rings. The quantitative estimate of drug-likeness (QED) is 0.849. The molecule has 18 heavy (non-hydrogen) atoms. The Hall–Kier alpha value is -0.110. The van der Waals surface area contributed by atoms with E-state index in [2.05, 4.69) is 21.2 Å². The Morgan fingerprint density at radius 3 is 2.67 bits per heavy atom. The van der Waals surface area contributed by atoms with Crippen LogP contribution in [0.5, 0.6) is 0 Å². The van der Waals surface area contributed by atoms with E-state index in [1.165, 1.54) is 0 Å². The van der Waals surface area contributed by atoms with Crippen LogP contribution in [0.4, 0.5) is 13.2 Å². The first-order valence-corrected chi connectivity index (χ1v) is 7.16. The van der Waals surface area contributed by atoms with Crippen molar-refractivity contribution in [2.24, 2.45) is 0 Å². The van der Waals surface area contributed by atoms with E-state index >= 15 is 0 Å². The van der Waals surface area contributed by atoms with Crippen LogP contribution in [0.15, 0.2) is 15.2 Å². The third-order valence-corrected chi connectivity index (χ3v) is 4.12. The van der Waals surface area contributed by atoms with Gasteiger partial charge in [-0.15, -0.1) is 11.3 Å². The van der Waals surface area contributed by atoms with Crippen molar-refractivity contribution in [2.45, 2.75) is 25.7 Å². The van der Waals surface area contributed by atoms with Gasteiger partial charge in [0.2, 0.25) is 0 Å². The second-order valence-electron chi connectivity index (χ2n) is 4.27. The highest BCUT2D eigenvalue weighted by atomic mass is 79.9. The van der Waals surface area contributed by atoms with Gasteiger partial charge in [0.25, 0.3) is 0 Å². The lowest BCUT2D eigenvalue weighted by Gasteiger charge is -2.24. The summed E-state index contributed by atoms with van der Waals surface area (Å²) in [7, 11) is 1.91. The molecule has 0 radical (unpaired) electrons. The van der Waals surface area contributed by atoms with Gasteiger partial charge in [-0.05, 0) is 46.9 Å². The number of hydrogen-bond donors (Lipinski definition) is 1. The Labute approximate surface area is 117 Å². The zero-order valence-electron chi connectivity index (χ0n) is 10.2. The van der Waals surface area contributed by atoms with E-state index in [4.69, 9.17) is 0 Å². The van der Waals surface area contributed by atoms with Crippen molar-refractivity contribution in [1.82, 2.24) is 10.2 Å². The predicted molar refractivity (Wildman–Crippen MR) is 71.9 cm³/mol. The standard InChI is InChI=1S/C11H16BrF3N2S/c1-8(4-16-7-11(13,14)15)17(2)5-9-3-10(12)18-6-9/h3,6,8,16H,4-5,7H2,1-2H3. The fourth-order valence-corrected chi connectivity index (χ4v) is 2.65. The third kappa shape index (κ3) is 6.17. The minimum absolute atomic E-state index is 0.0472. The number of nitrogens with zero attached hydrogens (tertiary/aromatic N) is 1. The van der Waals surface area contributed by atoms with Crippen molar-refractivity contribution in [2.75, 3.05) is 20.1 Å². The Bertz CT molecular complexity index is 367. The van der Waals surface area contributed by atoms with Crippen molar-refractivity contribution >= 4 is 27.3 Å². The Balaban J connectivity index is 2.30. The van der Waals surface area contributed by atoms with Crippen LogP contribution in [0, 0.1) is 0 Å². The number of nitrogens with one attached hydrogen (secondary N) is 1. The van der Waals surface area contributed by atoms with E-state index in [1.54, 1.807) is 11.3 Å². The van der Waals surface area contributed by atoms with Gasteiger partial charge in [-0.1, -0.05) is 0 Å². The van der Waals surface area contributed by atoms with Crippen LogP contribution < -0.4 is 5.32 Å². The maximum Gasteiger partial charge on any atom is 0.401 e. The van der Waals surface area contributed by atoms with Crippen LogP contribution in [0.2, 0.25) is 0 Å². The first kappa shape index (κ1) is 15.9. The fourth-order valence-electron chi connectivity index (χ4n) is 1.45. The minimum atomic E-state index is -4.14. The molecule has 0 bridgehead atoms. The number of halogens is 4. The molecule has 0 saturated carbocycles.